The van der Waals surface area contributed by atoms with Crippen LogP contribution < -0.4 is 9.80 Å². The molecule has 0 amide bonds. The average Bonchev–Trinajstić information content (AvgIpc) is 3.89. The Labute approximate surface area is 370 Å². The van der Waals surface area contributed by atoms with Crippen molar-refractivity contribution in [2.45, 2.75) is 0 Å². The molecule has 0 N–H and O–H groups in total. The minimum absolute atomic E-state index is 0.812. The van der Waals surface area contributed by atoms with Crippen molar-refractivity contribution in [1.82, 2.24) is 19.1 Å². The second-order valence-electron chi connectivity index (χ2n) is 15.9. The molecule has 64 heavy (non-hydrogen) atoms. The van der Waals surface area contributed by atoms with Crippen LogP contribution in [0.15, 0.2) is 243 Å². The van der Waals surface area contributed by atoms with Gasteiger partial charge in [0.15, 0.2) is 0 Å². The van der Waals surface area contributed by atoms with Crippen molar-refractivity contribution in [3.8, 4) is 22.5 Å². The molecule has 0 bridgehead atoms. The normalized spacial score (nSPS) is 11.4. The molecule has 0 radical (unpaired) electrons. The second-order valence-corrected chi connectivity index (χ2v) is 15.9. The van der Waals surface area contributed by atoms with Crippen LogP contribution in [0.3, 0.4) is 0 Å². The lowest BCUT2D eigenvalue weighted by Crippen LogP contribution is -2.12. The standard InChI is InChI=1S/C58H40N6/c1-3-15-43(16-4-1)61(45-27-31-47(32-28-45)63-53-23-11-7-19-49(53)50-20-8-12-24-54(50)63)57-39-41(35-37-59-57)42-36-38-60-58(40-42)62(44-17-5-2-6-18-44)46-29-33-48(34-30-46)64-55-25-13-9-21-51(55)52-22-10-14-26-56(52)64/h1-40H. The highest BCUT2D eigenvalue weighted by atomic mass is 15.2. The summed E-state index contributed by atoms with van der Waals surface area (Å²) in [6.07, 6.45) is 3.80. The van der Waals surface area contributed by atoms with E-state index >= 15 is 0 Å². The zero-order valence-electron chi connectivity index (χ0n) is 34.8. The van der Waals surface area contributed by atoms with Crippen LogP contribution in [-0.4, -0.2) is 19.1 Å². The number of rotatable bonds is 9. The van der Waals surface area contributed by atoms with Crippen LogP contribution in [-0.2, 0) is 0 Å². The minimum atomic E-state index is 0.812. The smallest absolute Gasteiger partial charge is 0.138 e. The average molecular weight is 821 g/mol. The third-order valence-electron chi connectivity index (χ3n) is 12.2. The molecular weight excluding hydrogens is 781 g/mol. The van der Waals surface area contributed by atoms with Crippen molar-refractivity contribution < 1.29 is 0 Å². The Morgan fingerprint density at radius 1 is 0.281 bits per heavy atom. The van der Waals surface area contributed by atoms with Gasteiger partial charge in [0.1, 0.15) is 11.6 Å². The fourth-order valence-electron chi connectivity index (χ4n) is 9.32. The summed E-state index contributed by atoms with van der Waals surface area (Å²) in [6, 6.07) is 81.4. The molecule has 0 unspecified atom stereocenters. The van der Waals surface area contributed by atoms with Gasteiger partial charge in [0.05, 0.1) is 22.1 Å². The molecule has 0 spiro atoms. The van der Waals surface area contributed by atoms with E-state index in [0.29, 0.717) is 0 Å². The van der Waals surface area contributed by atoms with Gasteiger partial charge in [0, 0.05) is 68.1 Å². The summed E-state index contributed by atoms with van der Waals surface area (Å²) in [6.45, 7) is 0. The second kappa shape index (κ2) is 15.6. The van der Waals surface area contributed by atoms with Gasteiger partial charge in [-0.1, -0.05) is 109 Å². The number of aromatic nitrogens is 4. The van der Waals surface area contributed by atoms with Crippen LogP contribution in [0, 0.1) is 0 Å². The van der Waals surface area contributed by atoms with Gasteiger partial charge in [0.25, 0.3) is 0 Å². The van der Waals surface area contributed by atoms with Crippen LogP contribution in [0.25, 0.3) is 66.1 Å². The monoisotopic (exact) mass is 820 g/mol. The molecule has 302 valence electrons. The predicted octanol–water partition coefficient (Wildman–Crippen LogP) is 15.3. The largest absolute Gasteiger partial charge is 0.309 e. The lowest BCUT2D eigenvalue weighted by atomic mass is 10.1. The van der Waals surface area contributed by atoms with Crippen molar-refractivity contribution in [2.24, 2.45) is 0 Å². The molecule has 12 rings (SSSR count). The third kappa shape index (κ3) is 6.36. The fourth-order valence-corrected chi connectivity index (χ4v) is 9.32. The summed E-state index contributed by atoms with van der Waals surface area (Å²) in [5, 5.41) is 4.98. The maximum Gasteiger partial charge on any atom is 0.138 e. The first-order valence-electron chi connectivity index (χ1n) is 21.6. The van der Waals surface area contributed by atoms with Gasteiger partial charge in [0.2, 0.25) is 0 Å². The molecule has 0 atom stereocenters. The van der Waals surface area contributed by atoms with Gasteiger partial charge >= 0.3 is 0 Å². The van der Waals surface area contributed by atoms with E-state index in [-0.39, 0.29) is 0 Å². The van der Waals surface area contributed by atoms with Crippen molar-refractivity contribution in [2.75, 3.05) is 9.80 Å². The van der Waals surface area contributed by atoms with E-state index in [1.807, 2.05) is 24.5 Å². The van der Waals surface area contributed by atoms with Gasteiger partial charge in [-0.05, 0) is 132 Å². The van der Waals surface area contributed by atoms with Gasteiger partial charge < -0.3 is 9.13 Å². The maximum atomic E-state index is 4.98. The molecule has 6 heteroatoms. The molecule has 4 aromatic heterocycles. The van der Waals surface area contributed by atoms with Crippen LogP contribution in [0.1, 0.15) is 0 Å². The lowest BCUT2D eigenvalue weighted by Gasteiger charge is -2.26. The number of fused-ring (bicyclic) bond motifs is 6. The SMILES string of the molecule is c1ccc(N(c2ccc(-n3c4ccccc4c4ccccc43)cc2)c2cc(-c3ccnc(N(c4ccccc4)c4ccc(-n5c6ccccc6c6ccccc65)cc4)c3)ccn2)cc1. The number of hydrogen-bond acceptors (Lipinski definition) is 4. The molecule has 0 saturated carbocycles. The van der Waals surface area contributed by atoms with Crippen molar-refractivity contribution >= 4 is 78.0 Å². The third-order valence-corrected chi connectivity index (χ3v) is 12.2. The maximum absolute atomic E-state index is 4.98. The number of hydrogen-bond donors (Lipinski definition) is 0. The highest BCUT2D eigenvalue weighted by Crippen LogP contribution is 2.40. The zero-order chi connectivity index (χ0) is 42.4. The molecule has 12 aromatic rings. The van der Waals surface area contributed by atoms with Crippen LogP contribution >= 0.6 is 0 Å². The Morgan fingerprint density at radius 3 is 0.922 bits per heavy atom. The lowest BCUT2D eigenvalue weighted by molar-refractivity contribution is 1.15. The van der Waals surface area contributed by atoms with E-state index in [1.165, 1.54) is 43.6 Å². The number of para-hydroxylation sites is 6. The van der Waals surface area contributed by atoms with E-state index < -0.39 is 0 Å². The van der Waals surface area contributed by atoms with Crippen LogP contribution in [0.4, 0.5) is 34.4 Å². The van der Waals surface area contributed by atoms with E-state index in [9.17, 15) is 0 Å². The number of benzene rings is 8. The molecular formula is C58H40N6. The molecule has 8 aromatic carbocycles. The van der Waals surface area contributed by atoms with Crippen molar-refractivity contribution in [3.05, 3.63) is 243 Å². The summed E-state index contributed by atoms with van der Waals surface area (Å²) in [5.41, 5.74) is 13.1. The topological polar surface area (TPSA) is 42.1 Å². The summed E-state index contributed by atoms with van der Waals surface area (Å²) >= 11 is 0. The van der Waals surface area contributed by atoms with Gasteiger partial charge in [-0.2, -0.15) is 0 Å². The Balaban J connectivity index is 0.912. The van der Waals surface area contributed by atoms with Gasteiger partial charge in [-0.15, -0.1) is 0 Å². The molecule has 0 saturated heterocycles. The van der Waals surface area contributed by atoms with E-state index in [2.05, 4.69) is 237 Å². The number of nitrogens with zero attached hydrogens (tertiary/aromatic N) is 6. The van der Waals surface area contributed by atoms with E-state index in [1.54, 1.807) is 0 Å². The molecule has 0 aliphatic carbocycles. The highest BCUT2D eigenvalue weighted by Gasteiger charge is 2.19. The first-order chi connectivity index (χ1) is 31.8. The minimum Gasteiger partial charge on any atom is -0.309 e. The number of pyridine rings is 2. The molecule has 0 fully saturated rings. The molecule has 6 nitrogen and oxygen atoms in total. The molecule has 4 heterocycles. The van der Waals surface area contributed by atoms with Gasteiger partial charge in [-0.25, -0.2) is 9.97 Å². The predicted molar refractivity (Wildman–Crippen MR) is 266 cm³/mol. The Kier molecular flexibility index (Phi) is 9.05. The van der Waals surface area contributed by atoms with E-state index in [4.69, 9.17) is 9.97 Å². The zero-order valence-corrected chi connectivity index (χ0v) is 34.8. The summed E-state index contributed by atoms with van der Waals surface area (Å²) in [7, 11) is 0. The summed E-state index contributed by atoms with van der Waals surface area (Å²) < 4.78 is 4.69. The van der Waals surface area contributed by atoms with E-state index in [0.717, 1.165) is 56.9 Å². The summed E-state index contributed by atoms with van der Waals surface area (Å²) in [4.78, 5) is 14.4. The Morgan fingerprint density at radius 2 is 0.578 bits per heavy atom. The highest BCUT2D eigenvalue weighted by molar-refractivity contribution is 6.10. The summed E-state index contributed by atoms with van der Waals surface area (Å²) in [5.74, 6) is 1.62. The Bertz CT molecular complexity index is 3260. The quantitative estimate of drug-likeness (QED) is 0.145. The van der Waals surface area contributed by atoms with Crippen molar-refractivity contribution in [1.29, 1.82) is 0 Å². The van der Waals surface area contributed by atoms with Crippen molar-refractivity contribution in [3.63, 3.8) is 0 Å². The molecule has 0 aliphatic rings. The first-order valence-corrected chi connectivity index (χ1v) is 21.6. The van der Waals surface area contributed by atoms with Crippen LogP contribution in [0.5, 0.6) is 0 Å². The fraction of sp³-hybridized carbons (Fsp3) is 0. The van der Waals surface area contributed by atoms with Gasteiger partial charge in [-0.3, -0.25) is 9.80 Å². The number of anilines is 6. The van der Waals surface area contributed by atoms with Crippen LogP contribution in [0.2, 0.25) is 0 Å². The Hall–Kier alpha value is -8.74. The molecule has 0 aliphatic heterocycles. The first kappa shape index (κ1) is 37.1.